The van der Waals surface area contributed by atoms with Crippen molar-refractivity contribution in [1.82, 2.24) is 14.8 Å². The number of para-hydroxylation sites is 1. The highest BCUT2D eigenvalue weighted by molar-refractivity contribution is 5.46. The minimum absolute atomic E-state index is 0.0397. The Kier molecular flexibility index (Phi) is 7.45. The average molecular weight is 478 g/mol. The fourth-order valence-corrected chi connectivity index (χ4v) is 5.02. The molecule has 3 aromatic rings. The van der Waals surface area contributed by atoms with E-state index < -0.39 is 0 Å². The first-order chi connectivity index (χ1) is 17.2. The second-order valence-corrected chi connectivity index (χ2v) is 9.27. The van der Waals surface area contributed by atoms with Gasteiger partial charge in [0.1, 0.15) is 6.61 Å². The highest BCUT2D eigenvalue weighted by atomic mass is 19.1. The monoisotopic (exact) mass is 477 g/mol. The SMILES string of the molecule is CN(CC1CCN(CCOc2ccccc2F)CC1)[C@H](c1ccc2c(c1)OCO2)c1ccccn1. The quantitative estimate of drug-likeness (QED) is 0.443. The molecule has 5 rings (SSSR count). The van der Waals surface area contributed by atoms with E-state index in [0.717, 1.165) is 61.8 Å². The van der Waals surface area contributed by atoms with Crippen LogP contribution in [0.3, 0.4) is 0 Å². The van der Waals surface area contributed by atoms with Crippen LogP contribution in [0.5, 0.6) is 17.2 Å². The van der Waals surface area contributed by atoms with Crippen LogP contribution in [0.25, 0.3) is 0 Å². The lowest BCUT2D eigenvalue weighted by atomic mass is 9.94. The van der Waals surface area contributed by atoms with Crippen molar-refractivity contribution >= 4 is 0 Å². The largest absolute Gasteiger partial charge is 0.489 e. The topological polar surface area (TPSA) is 47.1 Å². The van der Waals surface area contributed by atoms with E-state index in [1.807, 2.05) is 24.4 Å². The highest BCUT2D eigenvalue weighted by Gasteiger charge is 2.27. The van der Waals surface area contributed by atoms with Gasteiger partial charge < -0.3 is 14.2 Å². The van der Waals surface area contributed by atoms with Crippen molar-refractivity contribution in [3.8, 4) is 17.2 Å². The first kappa shape index (κ1) is 23.6. The number of hydrogen-bond acceptors (Lipinski definition) is 6. The molecule has 0 bridgehead atoms. The van der Waals surface area contributed by atoms with Gasteiger partial charge in [-0.3, -0.25) is 14.8 Å². The summed E-state index contributed by atoms with van der Waals surface area (Å²) in [5, 5.41) is 0. The van der Waals surface area contributed by atoms with Crippen molar-refractivity contribution in [3.05, 3.63) is 83.9 Å². The fourth-order valence-electron chi connectivity index (χ4n) is 5.02. The van der Waals surface area contributed by atoms with Crippen LogP contribution in [0, 0.1) is 11.7 Å². The van der Waals surface area contributed by atoms with Gasteiger partial charge in [-0.15, -0.1) is 0 Å². The first-order valence-electron chi connectivity index (χ1n) is 12.3. The maximum Gasteiger partial charge on any atom is 0.231 e. The fraction of sp³-hybridized carbons (Fsp3) is 0.393. The molecule has 0 saturated carbocycles. The molecule has 7 heteroatoms. The molecule has 0 radical (unpaired) electrons. The minimum Gasteiger partial charge on any atom is -0.489 e. The molecular weight excluding hydrogens is 445 g/mol. The molecular formula is C28H32FN3O3. The zero-order valence-electron chi connectivity index (χ0n) is 20.1. The van der Waals surface area contributed by atoms with Crippen LogP contribution < -0.4 is 14.2 Å². The van der Waals surface area contributed by atoms with Gasteiger partial charge in [0.25, 0.3) is 0 Å². The Morgan fingerprint density at radius 3 is 2.66 bits per heavy atom. The lowest BCUT2D eigenvalue weighted by Crippen LogP contribution is -2.40. The van der Waals surface area contributed by atoms with Crippen molar-refractivity contribution in [2.45, 2.75) is 18.9 Å². The van der Waals surface area contributed by atoms with Gasteiger partial charge in [0, 0.05) is 19.3 Å². The lowest BCUT2D eigenvalue weighted by molar-refractivity contribution is 0.126. The molecule has 0 spiro atoms. The zero-order chi connectivity index (χ0) is 24.0. The van der Waals surface area contributed by atoms with Crippen LogP contribution in [-0.2, 0) is 0 Å². The standard InChI is InChI=1S/C28H32FN3O3/c1-31(19-21-11-14-32(15-12-21)16-17-33-25-8-3-2-6-23(25)29)28(24-7-4-5-13-30-24)22-9-10-26-27(18-22)35-20-34-26/h2-10,13,18,21,28H,11-12,14-17,19-20H2,1H3/t28-/m1/s1. The first-order valence-corrected chi connectivity index (χ1v) is 12.3. The number of nitrogens with zero attached hydrogens (tertiary/aromatic N) is 3. The predicted octanol–water partition coefficient (Wildman–Crippen LogP) is 4.76. The molecule has 3 heterocycles. The second-order valence-electron chi connectivity index (χ2n) is 9.27. The number of aromatic nitrogens is 1. The van der Waals surface area contributed by atoms with E-state index in [1.165, 1.54) is 6.07 Å². The van der Waals surface area contributed by atoms with Crippen molar-refractivity contribution in [3.63, 3.8) is 0 Å². The number of ether oxygens (including phenoxy) is 3. The number of hydrogen-bond donors (Lipinski definition) is 0. The van der Waals surface area contributed by atoms with E-state index in [0.29, 0.717) is 18.3 Å². The van der Waals surface area contributed by atoms with Crippen LogP contribution in [0.15, 0.2) is 66.9 Å². The second kappa shape index (κ2) is 11.1. The molecule has 2 aliphatic heterocycles. The molecule has 35 heavy (non-hydrogen) atoms. The van der Waals surface area contributed by atoms with E-state index >= 15 is 0 Å². The number of benzene rings is 2. The zero-order valence-corrected chi connectivity index (χ0v) is 20.1. The third-order valence-corrected chi connectivity index (χ3v) is 6.88. The van der Waals surface area contributed by atoms with Gasteiger partial charge in [-0.05, 0) is 80.9 Å². The summed E-state index contributed by atoms with van der Waals surface area (Å²) in [4.78, 5) is 9.49. The Morgan fingerprint density at radius 2 is 1.86 bits per heavy atom. The molecule has 2 aromatic carbocycles. The van der Waals surface area contributed by atoms with Gasteiger partial charge in [-0.25, -0.2) is 4.39 Å². The van der Waals surface area contributed by atoms with Crippen molar-refractivity contribution < 1.29 is 18.6 Å². The molecule has 0 N–H and O–H groups in total. The molecule has 1 fully saturated rings. The van der Waals surface area contributed by atoms with Gasteiger partial charge in [-0.1, -0.05) is 24.3 Å². The van der Waals surface area contributed by atoms with E-state index in [2.05, 4.69) is 40.0 Å². The van der Waals surface area contributed by atoms with Gasteiger partial charge in [-0.2, -0.15) is 0 Å². The Hall–Kier alpha value is -3.16. The van der Waals surface area contributed by atoms with Crippen LogP contribution in [0.2, 0.25) is 0 Å². The Labute approximate surface area is 206 Å². The number of pyridine rings is 1. The summed E-state index contributed by atoms with van der Waals surface area (Å²) < 4.78 is 30.5. The molecule has 6 nitrogen and oxygen atoms in total. The van der Waals surface area contributed by atoms with E-state index in [9.17, 15) is 4.39 Å². The van der Waals surface area contributed by atoms with E-state index in [-0.39, 0.29) is 18.7 Å². The number of halogens is 1. The Bertz CT molecular complexity index is 1110. The molecule has 0 aliphatic carbocycles. The van der Waals surface area contributed by atoms with Gasteiger partial charge >= 0.3 is 0 Å². The van der Waals surface area contributed by atoms with E-state index in [1.54, 1.807) is 18.2 Å². The summed E-state index contributed by atoms with van der Waals surface area (Å²) in [5.41, 5.74) is 2.18. The smallest absolute Gasteiger partial charge is 0.231 e. The van der Waals surface area contributed by atoms with E-state index in [4.69, 9.17) is 14.2 Å². The maximum absolute atomic E-state index is 13.7. The molecule has 184 valence electrons. The number of fused-ring (bicyclic) bond motifs is 1. The maximum atomic E-state index is 13.7. The van der Waals surface area contributed by atoms with Crippen molar-refractivity contribution in [2.75, 3.05) is 46.6 Å². The normalized spacial score (nSPS) is 17.0. The molecule has 1 saturated heterocycles. The van der Waals surface area contributed by atoms with Gasteiger partial charge in [0.15, 0.2) is 23.1 Å². The van der Waals surface area contributed by atoms with Crippen LogP contribution >= 0.6 is 0 Å². The highest BCUT2D eigenvalue weighted by Crippen LogP contribution is 2.37. The summed E-state index contributed by atoms with van der Waals surface area (Å²) in [7, 11) is 2.18. The molecule has 2 aliphatic rings. The third-order valence-electron chi connectivity index (χ3n) is 6.88. The Morgan fingerprint density at radius 1 is 1.06 bits per heavy atom. The van der Waals surface area contributed by atoms with Gasteiger partial charge in [0.05, 0.1) is 11.7 Å². The number of likely N-dealkylation sites (tertiary alicyclic amines) is 1. The van der Waals surface area contributed by atoms with Crippen LogP contribution in [0.4, 0.5) is 4.39 Å². The predicted molar refractivity (Wildman–Crippen MR) is 132 cm³/mol. The summed E-state index contributed by atoms with van der Waals surface area (Å²) >= 11 is 0. The number of piperidine rings is 1. The Balaban J connectivity index is 1.17. The lowest BCUT2D eigenvalue weighted by Gasteiger charge is -2.36. The minimum atomic E-state index is -0.306. The van der Waals surface area contributed by atoms with Crippen molar-refractivity contribution in [1.29, 1.82) is 0 Å². The molecule has 1 atom stereocenters. The van der Waals surface area contributed by atoms with Crippen LogP contribution in [0.1, 0.15) is 30.1 Å². The average Bonchev–Trinajstić information content (AvgIpc) is 3.35. The molecule has 0 unspecified atom stereocenters. The summed E-state index contributed by atoms with van der Waals surface area (Å²) in [5.74, 6) is 2.21. The number of rotatable bonds is 9. The summed E-state index contributed by atoms with van der Waals surface area (Å²) in [6, 6.07) is 18.9. The molecule has 0 amide bonds. The molecule has 1 aromatic heterocycles. The summed E-state index contributed by atoms with van der Waals surface area (Å²) in [6.07, 6.45) is 4.10. The summed E-state index contributed by atoms with van der Waals surface area (Å²) in [6.45, 7) is 4.61. The van der Waals surface area contributed by atoms with Crippen molar-refractivity contribution in [2.24, 2.45) is 5.92 Å². The third kappa shape index (κ3) is 5.74. The van der Waals surface area contributed by atoms with Crippen LogP contribution in [-0.4, -0.2) is 61.4 Å². The van der Waals surface area contributed by atoms with Gasteiger partial charge in [0.2, 0.25) is 6.79 Å².